The molecule has 11 heteroatoms. The van der Waals surface area contributed by atoms with Crippen molar-refractivity contribution in [2.45, 2.75) is 43.7 Å². The van der Waals surface area contributed by atoms with Crippen molar-refractivity contribution in [1.82, 2.24) is 19.9 Å². The number of piperidine rings is 1. The monoisotopic (exact) mass is 483 g/mol. The molecule has 2 aromatic heterocycles. The fourth-order valence-electron chi connectivity index (χ4n) is 4.57. The number of hydrogen-bond acceptors (Lipinski definition) is 7. The molecular formula is C22H22ClN7O2S. The van der Waals surface area contributed by atoms with Crippen molar-refractivity contribution >= 4 is 52.0 Å². The van der Waals surface area contributed by atoms with Gasteiger partial charge in [0.15, 0.2) is 5.11 Å². The van der Waals surface area contributed by atoms with E-state index in [9.17, 15) is 4.79 Å². The molecular weight excluding hydrogens is 462 g/mol. The highest BCUT2D eigenvalue weighted by Crippen LogP contribution is 2.47. The van der Waals surface area contributed by atoms with E-state index in [0.717, 1.165) is 32.4 Å². The van der Waals surface area contributed by atoms with Gasteiger partial charge in [0.1, 0.15) is 17.8 Å². The summed E-state index contributed by atoms with van der Waals surface area (Å²) in [7, 11) is 2.10. The summed E-state index contributed by atoms with van der Waals surface area (Å²) in [6, 6.07) is 1.88. The number of amides is 1. The average Bonchev–Trinajstić information content (AvgIpc) is 3.02. The van der Waals surface area contributed by atoms with E-state index in [1.54, 1.807) is 18.5 Å². The van der Waals surface area contributed by atoms with Crippen LogP contribution in [-0.4, -0.2) is 62.7 Å². The Balaban J connectivity index is 1.40. The highest BCUT2D eigenvalue weighted by Gasteiger charge is 2.60. The van der Waals surface area contributed by atoms with Gasteiger partial charge in [-0.2, -0.15) is 0 Å². The van der Waals surface area contributed by atoms with Crippen molar-refractivity contribution in [3.8, 4) is 6.01 Å². The van der Waals surface area contributed by atoms with Crippen LogP contribution in [0.25, 0.3) is 4.85 Å². The Morgan fingerprint density at radius 2 is 1.85 bits per heavy atom. The second kappa shape index (κ2) is 8.48. The number of likely N-dealkylation sites (tertiary alicyclic amines) is 1. The number of carbonyl (C=O) groups excluding carboxylic acids is 1. The third kappa shape index (κ3) is 3.70. The van der Waals surface area contributed by atoms with Gasteiger partial charge in [0, 0.05) is 13.1 Å². The fourth-order valence-corrected chi connectivity index (χ4v) is 5.24. The summed E-state index contributed by atoms with van der Waals surface area (Å²) in [5.41, 5.74) is 0.323. The summed E-state index contributed by atoms with van der Waals surface area (Å²) in [5.74, 6) is -0.0411. The maximum atomic E-state index is 13.5. The van der Waals surface area contributed by atoms with Crippen LogP contribution in [0.4, 0.5) is 17.2 Å². The number of anilines is 2. The number of ether oxygens (including phenoxy) is 1. The Labute approximate surface area is 202 Å². The molecule has 170 valence electrons. The molecule has 0 N–H and O–H groups in total. The number of halogens is 1. The smallest absolute Gasteiger partial charge is 0.316 e. The summed E-state index contributed by atoms with van der Waals surface area (Å²) in [6.07, 6.45) is 9.03. The van der Waals surface area contributed by atoms with Crippen LogP contribution in [0.1, 0.15) is 32.1 Å². The van der Waals surface area contributed by atoms with Crippen LogP contribution in [0.3, 0.4) is 0 Å². The van der Waals surface area contributed by atoms with Crippen LogP contribution >= 0.6 is 23.8 Å². The van der Waals surface area contributed by atoms with E-state index in [-0.39, 0.29) is 22.9 Å². The number of rotatable bonds is 4. The third-order valence-corrected chi connectivity index (χ3v) is 7.22. The molecule has 1 aliphatic carbocycles. The Bertz CT molecular complexity index is 1140. The first-order valence-electron chi connectivity index (χ1n) is 10.8. The Morgan fingerprint density at radius 1 is 1.18 bits per heavy atom. The van der Waals surface area contributed by atoms with Crippen molar-refractivity contribution < 1.29 is 9.53 Å². The second-order valence-electron chi connectivity index (χ2n) is 8.60. The van der Waals surface area contributed by atoms with E-state index in [2.05, 4.69) is 31.7 Å². The van der Waals surface area contributed by atoms with Gasteiger partial charge in [-0.25, -0.2) is 9.97 Å². The molecule has 5 rings (SSSR count). The number of nitrogens with zero attached hydrogens (tertiary/aromatic N) is 7. The summed E-state index contributed by atoms with van der Waals surface area (Å²) in [5, 5.41) is 0.499. The topological polar surface area (TPSA) is 79.0 Å². The summed E-state index contributed by atoms with van der Waals surface area (Å²) in [4.78, 5) is 35.2. The lowest BCUT2D eigenvalue weighted by molar-refractivity contribution is -0.123. The predicted octanol–water partition coefficient (Wildman–Crippen LogP) is 3.61. The number of aromatic nitrogens is 3. The second-order valence-corrected chi connectivity index (χ2v) is 9.37. The average molecular weight is 484 g/mol. The van der Waals surface area contributed by atoms with E-state index in [4.69, 9.17) is 35.1 Å². The molecule has 0 atom stereocenters. The number of thiocarbonyl (C=S) groups is 1. The Hall–Kier alpha value is -2.87. The summed E-state index contributed by atoms with van der Waals surface area (Å²) in [6.45, 7) is 9.11. The standard InChI is InChI=1S/C22H22ClN7O2S/c1-24-18-17(23)10-14(11-25-18)29-19(31)22(6-3-7-22)30(21(29)33)15-12-26-20(27-13-15)32-16-4-8-28(2)9-5-16/h10-13,16H,3-9H2,2H3. The van der Waals surface area contributed by atoms with Gasteiger partial charge in [0.2, 0.25) is 0 Å². The largest absolute Gasteiger partial charge is 0.460 e. The van der Waals surface area contributed by atoms with Crippen molar-refractivity contribution in [1.29, 1.82) is 0 Å². The lowest BCUT2D eigenvalue weighted by atomic mass is 9.75. The minimum Gasteiger partial charge on any atom is -0.460 e. The van der Waals surface area contributed by atoms with Crippen LogP contribution < -0.4 is 14.5 Å². The van der Waals surface area contributed by atoms with Gasteiger partial charge in [-0.1, -0.05) is 18.2 Å². The quantitative estimate of drug-likeness (QED) is 0.482. The minimum atomic E-state index is -0.762. The molecule has 0 unspecified atom stereocenters. The Morgan fingerprint density at radius 3 is 2.42 bits per heavy atom. The van der Waals surface area contributed by atoms with Gasteiger partial charge in [-0.05, 0) is 57.4 Å². The van der Waals surface area contributed by atoms with Crippen LogP contribution in [0, 0.1) is 6.57 Å². The van der Waals surface area contributed by atoms with E-state index in [1.165, 1.54) is 11.1 Å². The van der Waals surface area contributed by atoms with Crippen molar-refractivity contribution in [3.05, 3.63) is 41.1 Å². The number of pyridine rings is 1. The van der Waals surface area contributed by atoms with Crippen molar-refractivity contribution in [2.75, 3.05) is 29.9 Å². The zero-order chi connectivity index (χ0) is 23.2. The molecule has 2 saturated heterocycles. The molecule has 0 bridgehead atoms. The molecule has 0 radical (unpaired) electrons. The van der Waals surface area contributed by atoms with Gasteiger partial charge in [0.05, 0.1) is 28.8 Å². The van der Waals surface area contributed by atoms with Crippen LogP contribution in [0.15, 0.2) is 24.7 Å². The van der Waals surface area contributed by atoms with E-state index in [1.807, 2.05) is 4.90 Å². The molecule has 2 aromatic rings. The molecule has 9 nitrogen and oxygen atoms in total. The molecule has 0 aromatic carbocycles. The summed E-state index contributed by atoms with van der Waals surface area (Å²) >= 11 is 11.9. The molecule has 3 fully saturated rings. The molecule has 33 heavy (non-hydrogen) atoms. The zero-order valence-corrected chi connectivity index (χ0v) is 19.6. The fraction of sp³-hybridized carbons (Fsp3) is 0.455. The number of carbonyl (C=O) groups is 1. The molecule has 1 saturated carbocycles. The molecule has 3 aliphatic rings. The normalized spacial score (nSPS) is 20.8. The van der Waals surface area contributed by atoms with E-state index < -0.39 is 5.54 Å². The van der Waals surface area contributed by atoms with E-state index >= 15 is 0 Å². The lowest BCUT2D eigenvalue weighted by Gasteiger charge is -2.42. The third-order valence-electron chi connectivity index (χ3n) is 6.57. The maximum Gasteiger partial charge on any atom is 0.316 e. The minimum absolute atomic E-state index is 0.0850. The molecule has 4 heterocycles. The first-order chi connectivity index (χ1) is 15.9. The molecule has 1 amide bonds. The van der Waals surface area contributed by atoms with Crippen LogP contribution in [0.5, 0.6) is 6.01 Å². The highest BCUT2D eigenvalue weighted by atomic mass is 35.5. The van der Waals surface area contributed by atoms with Crippen molar-refractivity contribution in [3.63, 3.8) is 0 Å². The van der Waals surface area contributed by atoms with Crippen molar-refractivity contribution in [2.24, 2.45) is 0 Å². The number of hydrogen-bond donors (Lipinski definition) is 0. The predicted molar refractivity (Wildman–Crippen MR) is 128 cm³/mol. The first-order valence-corrected chi connectivity index (χ1v) is 11.6. The van der Waals surface area contributed by atoms with Gasteiger partial charge in [-0.3, -0.25) is 14.6 Å². The van der Waals surface area contributed by atoms with Crippen LogP contribution in [0.2, 0.25) is 5.02 Å². The molecule has 2 aliphatic heterocycles. The first kappa shape index (κ1) is 21.9. The van der Waals surface area contributed by atoms with E-state index in [0.29, 0.717) is 35.3 Å². The summed E-state index contributed by atoms with van der Waals surface area (Å²) < 4.78 is 5.96. The zero-order valence-electron chi connectivity index (χ0n) is 18.1. The van der Waals surface area contributed by atoms with Crippen LogP contribution in [-0.2, 0) is 4.79 Å². The lowest BCUT2D eigenvalue weighted by Crippen LogP contribution is -2.55. The SMILES string of the molecule is [C-]#[N+]c1ncc(N2C(=O)C3(CCC3)N(c3cnc(OC4CCN(C)CC4)nc3)C2=S)cc1Cl. The van der Waals surface area contributed by atoms with Gasteiger partial charge in [0.25, 0.3) is 11.7 Å². The van der Waals surface area contributed by atoms with Gasteiger partial charge >= 0.3 is 6.01 Å². The van der Waals surface area contributed by atoms with Gasteiger partial charge < -0.3 is 14.5 Å². The Kier molecular flexibility index (Phi) is 5.64. The highest BCUT2D eigenvalue weighted by molar-refractivity contribution is 7.81. The van der Waals surface area contributed by atoms with Gasteiger partial charge in [-0.15, -0.1) is 4.98 Å². The molecule has 1 spiro atoms. The maximum absolute atomic E-state index is 13.5.